The van der Waals surface area contributed by atoms with Crippen LogP contribution in [0.1, 0.15) is 29.7 Å². The molecule has 1 saturated heterocycles. The molecule has 3 aromatic rings. The van der Waals surface area contributed by atoms with Gasteiger partial charge in [-0.25, -0.2) is 9.78 Å². The molecule has 1 aromatic heterocycles. The van der Waals surface area contributed by atoms with Gasteiger partial charge in [-0.3, -0.25) is 14.4 Å². The summed E-state index contributed by atoms with van der Waals surface area (Å²) >= 11 is 0. The zero-order chi connectivity index (χ0) is 29.2. The molecule has 0 spiro atoms. The van der Waals surface area contributed by atoms with E-state index in [2.05, 4.69) is 31.2 Å². The van der Waals surface area contributed by atoms with Crippen molar-refractivity contribution in [2.24, 2.45) is 0 Å². The van der Waals surface area contributed by atoms with E-state index in [0.717, 1.165) is 12.0 Å². The molecule has 4 rings (SSSR count). The number of H-pyrrole nitrogens is 1. The molecule has 3 amide bonds. The summed E-state index contributed by atoms with van der Waals surface area (Å²) in [6.45, 7) is 0.701. The fourth-order valence-corrected chi connectivity index (χ4v) is 4.68. The van der Waals surface area contributed by atoms with Crippen molar-refractivity contribution in [2.45, 2.75) is 56.3 Å². The van der Waals surface area contributed by atoms with Gasteiger partial charge in [0.05, 0.1) is 12.4 Å². The number of carbonyl (C=O) groups excluding carboxylic acids is 3. The second kappa shape index (κ2) is 14.1. The average Bonchev–Trinajstić information content (AvgIpc) is 3.68. The Kier molecular flexibility index (Phi) is 10.1. The van der Waals surface area contributed by atoms with Crippen LogP contribution < -0.4 is 21.3 Å². The molecule has 2 aromatic carbocycles. The number of carboxylic acids is 1. The predicted octanol–water partition coefficient (Wildman–Crippen LogP) is 0.434. The van der Waals surface area contributed by atoms with E-state index in [9.17, 15) is 29.4 Å². The molecule has 1 fully saturated rings. The van der Waals surface area contributed by atoms with Crippen molar-refractivity contribution < 1.29 is 29.4 Å². The summed E-state index contributed by atoms with van der Waals surface area (Å²) in [6.07, 6.45) is 4.60. The number of phenols is 1. The molecular weight excluding hydrogens is 528 g/mol. The maximum atomic E-state index is 13.6. The normalized spacial score (nSPS) is 16.7. The minimum atomic E-state index is -1.23. The average molecular weight is 563 g/mol. The van der Waals surface area contributed by atoms with Crippen molar-refractivity contribution in [1.82, 2.24) is 31.2 Å². The molecule has 4 atom stereocenters. The van der Waals surface area contributed by atoms with E-state index in [0.29, 0.717) is 24.2 Å². The summed E-state index contributed by atoms with van der Waals surface area (Å²) in [6, 6.07) is 11.3. The predicted molar refractivity (Wildman–Crippen MR) is 149 cm³/mol. The summed E-state index contributed by atoms with van der Waals surface area (Å²) in [5.41, 5.74) is 1.97. The number of hydrogen-bond donors (Lipinski definition) is 7. The third-order valence-electron chi connectivity index (χ3n) is 6.90. The van der Waals surface area contributed by atoms with Gasteiger partial charge >= 0.3 is 5.97 Å². The van der Waals surface area contributed by atoms with Crippen LogP contribution in [0.4, 0.5) is 0 Å². The van der Waals surface area contributed by atoms with Gasteiger partial charge < -0.3 is 36.5 Å². The summed E-state index contributed by atoms with van der Waals surface area (Å²) in [4.78, 5) is 58.8. The molecule has 0 aliphatic carbocycles. The SMILES string of the molecule is O=C(O)C(Cc1ccccc1)NC(=O)C(Cc1cnc[nH]1)NC(=O)C(Cc1ccc(O)cc1)NC(=O)C1CCCN1. The number of nitrogens with one attached hydrogen (secondary N) is 5. The van der Waals surface area contributed by atoms with E-state index in [1.165, 1.54) is 24.7 Å². The van der Waals surface area contributed by atoms with Gasteiger partial charge in [-0.1, -0.05) is 42.5 Å². The summed E-state index contributed by atoms with van der Waals surface area (Å²) in [5, 5.41) is 30.6. The van der Waals surface area contributed by atoms with E-state index < -0.39 is 42.0 Å². The van der Waals surface area contributed by atoms with Gasteiger partial charge in [-0.05, 0) is 42.6 Å². The van der Waals surface area contributed by atoms with Crippen molar-refractivity contribution in [3.63, 3.8) is 0 Å². The molecule has 1 aliphatic heterocycles. The highest BCUT2D eigenvalue weighted by atomic mass is 16.4. The first-order valence-corrected chi connectivity index (χ1v) is 13.4. The van der Waals surface area contributed by atoms with Crippen LogP contribution in [0.25, 0.3) is 0 Å². The lowest BCUT2D eigenvalue weighted by Crippen LogP contribution is -2.58. The lowest BCUT2D eigenvalue weighted by molar-refractivity contribution is -0.142. The smallest absolute Gasteiger partial charge is 0.326 e. The zero-order valence-electron chi connectivity index (χ0n) is 22.4. The summed E-state index contributed by atoms with van der Waals surface area (Å²) in [5.74, 6) is -2.78. The first-order valence-electron chi connectivity index (χ1n) is 13.4. The number of amides is 3. The Bertz CT molecular complexity index is 1310. The summed E-state index contributed by atoms with van der Waals surface area (Å²) < 4.78 is 0. The van der Waals surface area contributed by atoms with Crippen LogP contribution >= 0.6 is 0 Å². The Morgan fingerprint density at radius 1 is 0.854 bits per heavy atom. The standard InChI is InChI=1S/C29H34N6O6/c36-21-10-8-19(9-11-21)13-23(33-26(37)22-7-4-12-31-22)27(38)34-24(15-20-16-30-17-32-20)28(39)35-25(29(40)41)14-18-5-2-1-3-6-18/h1-3,5-6,8-11,16-17,22-25,31,36H,4,7,12-15H2,(H,30,32)(H,33,37)(H,34,38)(H,35,39)(H,40,41). The maximum Gasteiger partial charge on any atom is 0.326 e. The summed E-state index contributed by atoms with van der Waals surface area (Å²) in [7, 11) is 0. The first kappa shape index (κ1) is 29.3. The Morgan fingerprint density at radius 3 is 2.10 bits per heavy atom. The highest BCUT2D eigenvalue weighted by Crippen LogP contribution is 2.13. The van der Waals surface area contributed by atoms with E-state index in [4.69, 9.17) is 0 Å². The molecule has 7 N–H and O–H groups in total. The third-order valence-corrected chi connectivity index (χ3v) is 6.90. The molecule has 0 bridgehead atoms. The topological polar surface area (TPSA) is 186 Å². The second-order valence-corrected chi connectivity index (χ2v) is 10.0. The van der Waals surface area contributed by atoms with Gasteiger partial charge in [-0.2, -0.15) is 0 Å². The zero-order valence-corrected chi connectivity index (χ0v) is 22.4. The van der Waals surface area contributed by atoms with Gasteiger partial charge in [-0.15, -0.1) is 0 Å². The second-order valence-electron chi connectivity index (χ2n) is 10.0. The number of carbonyl (C=O) groups is 4. The van der Waals surface area contributed by atoms with Crippen LogP contribution in [-0.4, -0.2) is 74.6 Å². The van der Waals surface area contributed by atoms with Crippen molar-refractivity contribution in [3.05, 3.63) is 83.9 Å². The van der Waals surface area contributed by atoms with Crippen LogP contribution in [0.2, 0.25) is 0 Å². The third kappa shape index (κ3) is 8.64. The van der Waals surface area contributed by atoms with Gasteiger partial charge in [0, 0.05) is 31.2 Å². The van der Waals surface area contributed by atoms with Crippen LogP contribution in [0.3, 0.4) is 0 Å². The molecule has 12 heteroatoms. The largest absolute Gasteiger partial charge is 0.508 e. The fraction of sp³-hybridized carbons (Fsp3) is 0.345. The number of aromatic hydroxyl groups is 1. The molecule has 216 valence electrons. The molecular formula is C29H34N6O6. The number of aromatic amines is 1. The molecule has 2 heterocycles. The van der Waals surface area contributed by atoms with E-state index >= 15 is 0 Å². The lowest BCUT2D eigenvalue weighted by Gasteiger charge is -2.25. The maximum absolute atomic E-state index is 13.6. The number of carboxylic acid groups (broad SMARTS) is 1. The van der Waals surface area contributed by atoms with Crippen molar-refractivity contribution >= 4 is 23.7 Å². The van der Waals surface area contributed by atoms with Crippen LogP contribution in [0, 0.1) is 0 Å². The molecule has 0 radical (unpaired) electrons. The van der Waals surface area contributed by atoms with E-state index in [1.54, 1.807) is 36.4 Å². The van der Waals surface area contributed by atoms with Gasteiger partial charge in [0.25, 0.3) is 0 Å². The minimum absolute atomic E-state index is 0.0132. The van der Waals surface area contributed by atoms with Crippen molar-refractivity contribution in [1.29, 1.82) is 0 Å². The first-order chi connectivity index (χ1) is 19.8. The van der Waals surface area contributed by atoms with Crippen LogP contribution in [0.15, 0.2) is 67.1 Å². The Hall–Kier alpha value is -4.71. The van der Waals surface area contributed by atoms with Crippen LogP contribution in [0.5, 0.6) is 5.75 Å². The van der Waals surface area contributed by atoms with E-state index in [-0.39, 0.29) is 30.9 Å². The van der Waals surface area contributed by atoms with Crippen molar-refractivity contribution in [3.8, 4) is 5.75 Å². The Morgan fingerprint density at radius 2 is 1.49 bits per heavy atom. The number of hydrogen-bond acceptors (Lipinski definition) is 7. The van der Waals surface area contributed by atoms with E-state index in [1.807, 2.05) is 6.07 Å². The number of aromatic nitrogens is 2. The quantitative estimate of drug-likeness (QED) is 0.156. The number of aliphatic carboxylic acids is 1. The highest BCUT2D eigenvalue weighted by molar-refractivity contribution is 5.94. The molecule has 1 aliphatic rings. The highest BCUT2D eigenvalue weighted by Gasteiger charge is 2.32. The van der Waals surface area contributed by atoms with Gasteiger partial charge in [0.1, 0.15) is 23.9 Å². The number of benzene rings is 2. The lowest BCUT2D eigenvalue weighted by atomic mass is 10.0. The number of phenolic OH excluding ortho intramolecular Hbond substituents is 1. The Labute approximate surface area is 237 Å². The Balaban J connectivity index is 1.52. The molecule has 4 unspecified atom stereocenters. The van der Waals surface area contributed by atoms with Crippen LogP contribution in [-0.2, 0) is 38.4 Å². The molecule has 0 saturated carbocycles. The van der Waals surface area contributed by atoms with Gasteiger partial charge in [0.15, 0.2) is 0 Å². The number of imidazole rings is 1. The molecule has 12 nitrogen and oxygen atoms in total. The monoisotopic (exact) mass is 562 g/mol. The molecule has 41 heavy (non-hydrogen) atoms. The number of rotatable bonds is 13. The number of nitrogens with zero attached hydrogens (tertiary/aromatic N) is 1. The van der Waals surface area contributed by atoms with Crippen molar-refractivity contribution in [2.75, 3.05) is 6.54 Å². The minimum Gasteiger partial charge on any atom is -0.508 e. The van der Waals surface area contributed by atoms with Gasteiger partial charge in [0.2, 0.25) is 17.7 Å². The fourth-order valence-electron chi connectivity index (χ4n) is 4.68.